The molecule has 0 atom stereocenters. The molecule has 0 fully saturated rings. The first kappa shape index (κ1) is 18.1. The molecule has 0 amide bonds. The van der Waals surface area contributed by atoms with Crippen LogP contribution >= 0.6 is 0 Å². The Bertz CT molecular complexity index is 325. The fourth-order valence-electron chi connectivity index (χ4n) is 1.19. The van der Waals surface area contributed by atoms with Crippen LogP contribution in [0.4, 0.5) is 0 Å². The van der Waals surface area contributed by atoms with E-state index in [4.69, 9.17) is 14.6 Å². The molecule has 0 saturated carbocycles. The normalized spacial score (nSPS) is 9.80. The number of aliphatic carboxylic acids is 1. The van der Waals surface area contributed by atoms with Gasteiger partial charge in [-0.1, -0.05) is 6.58 Å². The Morgan fingerprint density at radius 2 is 1.55 bits per heavy atom. The number of carboxylic acid groups (broad SMARTS) is 1. The molecule has 0 aromatic rings. The van der Waals surface area contributed by atoms with Crippen molar-refractivity contribution in [3.05, 3.63) is 12.7 Å². The molecule has 0 rings (SSSR count). The van der Waals surface area contributed by atoms with Gasteiger partial charge in [0.05, 0.1) is 13.2 Å². The molecule has 0 heterocycles. The zero-order valence-corrected chi connectivity index (χ0v) is 11.3. The maximum Gasteiger partial charge on any atom is 0.330 e. The molecule has 0 aliphatic rings. The summed E-state index contributed by atoms with van der Waals surface area (Å²) in [5, 5.41) is 8.40. The molecule has 0 aliphatic carbocycles. The fourth-order valence-corrected chi connectivity index (χ4v) is 1.19. The summed E-state index contributed by atoms with van der Waals surface area (Å²) in [6.45, 7) is 3.91. The van der Waals surface area contributed by atoms with Crippen LogP contribution in [-0.2, 0) is 28.6 Å². The van der Waals surface area contributed by atoms with Crippen LogP contribution in [0.5, 0.6) is 0 Å². The summed E-state index contributed by atoms with van der Waals surface area (Å²) in [5.74, 6) is -1.76. The van der Waals surface area contributed by atoms with Crippen LogP contribution in [0.25, 0.3) is 0 Å². The number of esters is 2. The van der Waals surface area contributed by atoms with Crippen molar-refractivity contribution in [1.29, 1.82) is 0 Å². The van der Waals surface area contributed by atoms with Crippen LogP contribution in [0.2, 0.25) is 0 Å². The van der Waals surface area contributed by atoms with Gasteiger partial charge in [0.1, 0.15) is 13.2 Å². The Kier molecular flexibility index (Phi) is 11.0. The Balaban J connectivity index is 3.29. The Labute approximate surface area is 117 Å². The third-order valence-corrected chi connectivity index (χ3v) is 2.15. The minimum Gasteiger partial charge on any atom is -0.481 e. The van der Waals surface area contributed by atoms with E-state index in [1.54, 1.807) is 0 Å². The van der Waals surface area contributed by atoms with Crippen LogP contribution in [0.15, 0.2) is 12.7 Å². The van der Waals surface area contributed by atoms with Crippen molar-refractivity contribution in [2.24, 2.45) is 0 Å². The molecule has 7 nitrogen and oxygen atoms in total. The van der Waals surface area contributed by atoms with E-state index in [0.29, 0.717) is 12.8 Å². The van der Waals surface area contributed by atoms with Gasteiger partial charge < -0.3 is 19.3 Å². The minimum absolute atomic E-state index is 0.0554. The Morgan fingerprint density at radius 1 is 0.950 bits per heavy atom. The van der Waals surface area contributed by atoms with E-state index >= 15 is 0 Å². The molecule has 0 saturated heterocycles. The predicted octanol–water partition coefficient (Wildman–Crippen LogP) is 0.920. The Morgan fingerprint density at radius 3 is 2.15 bits per heavy atom. The average Bonchev–Trinajstić information content (AvgIpc) is 2.42. The minimum atomic E-state index is -0.871. The van der Waals surface area contributed by atoms with Crippen LogP contribution in [0, 0.1) is 0 Å². The summed E-state index contributed by atoms with van der Waals surface area (Å²) in [6, 6.07) is 0. The van der Waals surface area contributed by atoms with Crippen LogP contribution in [-0.4, -0.2) is 49.4 Å². The SMILES string of the molecule is C=CC(=O)OCCOCCOC(=O)CCCCC(=O)O. The monoisotopic (exact) mass is 288 g/mol. The number of carbonyl (C=O) groups excluding carboxylic acids is 2. The zero-order chi connectivity index (χ0) is 15.2. The molecule has 0 radical (unpaired) electrons. The van der Waals surface area contributed by atoms with Gasteiger partial charge in [-0.3, -0.25) is 9.59 Å². The van der Waals surface area contributed by atoms with E-state index in [9.17, 15) is 14.4 Å². The lowest BCUT2D eigenvalue weighted by molar-refractivity contribution is -0.146. The largest absolute Gasteiger partial charge is 0.481 e. The van der Waals surface area contributed by atoms with E-state index in [1.165, 1.54) is 0 Å². The molecule has 0 bridgehead atoms. The van der Waals surface area contributed by atoms with Gasteiger partial charge in [-0.05, 0) is 12.8 Å². The van der Waals surface area contributed by atoms with E-state index in [0.717, 1.165) is 6.08 Å². The predicted molar refractivity (Wildman–Crippen MR) is 69.0 cm³/mol. The molecule has 0 aliphatic heterocycles. The first-order valence-electron chi connectivity index (χ1n) is 6.30. The summed E-state index contributed by atoms with van der Waals surface area (Å²) < 4.78 is 14.6. The number of carboxylic acids is 1. The van der Waals surface area contributed by atoms with Crippen molar-refractivity contribution in [3.8, 4) is 0 Å². The highest BCUT2D eigenvalue weighted by molar-refractivity contribution is 5.81. The van der Waals surface area contributed by atoms with Gasteiger partial charge in [-0.2, -0.15) is 0 Å². The fraction of sp³-hybridized carbons (Fsp3) is 0.615. The summed E-state index contributed by atoms with van der Waals surface area (Å²) in [6.07, 6.45) is 2.26. The molecule has 20 heavy (non-hydrogen) atoms. The third kappa shape index (κ3) is 12.6. The maximum absolute atomic E-state index is 11.2. The van der Waals surface area contributed by atoms with Crippen molar-refractivity contribution in [1.82, 2.24) is 0 Å². The van der Waals surface area contributed by atoms with Gasteiger partial charge in [0.15, 0.2) is 0 Å². The summed E-state index contributed by atoms with van der Waals surface area (Å²) in [7, 11) is 0. The van der Waals surface area contributed by atoms with Crippen molar-refractivity contribution in [2.75, 3.05) is 26.4 Å². The highest BCUT2D eigenvalue weighted by Gasteiger charge is 2.04. The summed E-state index contributed by atoms with van der Waals surface area (Å²) >= 11 is 0. The maximum atomic E-state index is 11.2. The van der Waals surface area contributed by atoms with Gasteiger partial charge in [-0.15, -0.1) is 0 Å². The summed E-state index contributed by atoms with van der Waals surface area (Å²) in [5.41, 5.74) is 0. The quantitative estimate of drug-likeness (QED) is 0.324. The summed E-state index contributed by atoms with van der Waals surface area (Å²) in [4.78, 5) is 32.1. The lowest BCUT2D eigenvalue weighted by atomic mass is 10.2. The van der Waals surface area contributed by atoms with Crippen LogP contribution in [0.1, 0.15) is 25.7 Å². The first-order valence-corrected chi connectivity index (χ1v) is 6.30. The highest BCUT2D eigenvalue weighted by Crippen LogP contribution is 2.01. The average molecular weight is 288 g/mol. The zero-order valence-electron chi connectivity index (χ0n) is 11.3. The van der Waals surface area contributed by atoms with Gasteiger partial charge >= 0.3 is 17.9 Å². The van der Waals surface area contributed by atoms with Crippen molar-refractivity contribution in [3.63, 3.8) is 0 Å². The van der Waals surface area contributed by atoms with E-state index in [1.807, 2.05) is 0 Å². The molecule has 114 valence electrons. The molecular weight excluding hydrogens is 268 g/mol. The number of unbranched alkanes of at least 4 members (excludes halogenated alkanes) is 1. The molecular formula is C13H20O7. The highest BCUT2D eigenvalue weighted by atomic mass is 16.6. The number of hydrogen-bond acceptors (Lipinski definition) is 6. The lowest BCUT2D eigenvalue weighted by Crippen LogP contribution is -2.13. The molecule has 7 heteroatoms. The van der Waals surface area contributed by atoms with Crippen LogP contribution < -0.4 is 0 Å². The topological polar surface area (TPSA) is 99.1 Å². The second kappa shape index (κ2) is 12.2. The van der Waals surface area contributed by atoms with Crippen LogP contribution in [0.3, 0.4) is 0 Å². The first-order chi connectivity index (χ1) is 9.56. The second-order valence-electron chi connectivity index (χ2n) is 3.81. The second-order valence-corrected chi connectivity index (χ2v) is 3.81. The van der Waals surface area contributed by atoms with E-state index < -0.39 is 11.9 Å². The third-order valence-electron chi connectivity index (χ3n) is 2.15. The molecule has 1 N–H and O–H groups in total. The molecule has 0 spiro atoms. The van der Waals surface area contributed by atoms with E-state index in [-0.39, 0.29) is 45.2 Å². The molecule has 0 unspecified atom stereocenters. The number of rotatable bonds is 12. The Hall–Kier alpha value is -1.89. The van der Waals surface area contributed by atoms with Crippen molar-refractivity contribution < 1.29 is 33.7 Å². The number of ether oxygens (including phenoxy) is 3. The molecule has 0 aromatic carbocycles. The molecule has 0 aromatic heterocycles. The number of carbonyl (C=O) groups is 3. The van der Waals surface area contributed by atoms with Gasteiger partial charge in [-0.25, -0.2) is 4.79 Å². The van der Waals surface area contributed by atoms with Crippen molar-refractivity contribution >= 4 is 17.9 Å². The van der Waals surface area contributed by atoms with Crippen molar-refractivity contribution in [2.45, 2.75) is 25.7 Å². The van der Waals surface area contributed by atoms with E-state index in [2.05, 4.69) is 11.3 Å². The van der Waals surface area contributed by atoms with Gasteiger partial charge in [0.25, 0.3) is 0 Å². The smallest absolute Gasteiger partial charge is 0.330 e. The van der Waals surface area contributed by atoms with Gasteiger partial charge in [0.2, 0.25) is 0 Å². The number of hydrogen-bond donors (Lipinski definition) is 1. The standard InChI is InChI=1S/C13H20O7/c1-2-12(16)19-9-7-18-8-10-20-13(17)6-4-3-5-11(14)15/h2H,1,3-10H2,(H,14,15). The lowest BCUT2D eigenvalue weighted by Gasteiger charge is -2.06. The van der Waals surface area contributed by atoms with Gasteiger partial charge in [0, 0.05) is 18.9 Å².